The maximum atomic E-state index is 6.34. The predicted molar refractivity (Wildman–Crippen MR) is 144 cm³/mol. The van der Waals surface area contributed by atoms with E-state index in [-0.39, 0.29) is 5.92 Å². The molecule has 0 saturated carbocycles. The first-order valence-corrected chi connectivity index (χ1v) is 12.8. The van der Waals surface area contributed by atoms with E-state index in [1.165, 1.54) is 38.4 Å². The summed E-state index contributed by atoms with van der Waals surface area (Å²) in [4.78, 5) is 2.22. The largest absolute Gasteiger partial charge is 0.355 e. The number of likely N-dealkylation sites (N-methyl/N-ethyl adjacent to an activating group) is 1. The second-order valence-electron chi connectivity index (χ2n) is 9.60. The summed E-state index contributed by atoms with van der Waals surface area (Å²) in [5.41, 5.74) is 4.04. The molecular weight excluding hydrogens is 487 g/mol. The molecule has 0 spiro atoms. The number of alkyl halides is 3. The van der Waals surface area contributed by atoms with Gasteiger partial charge < -0.3 is 14.2 Å². The van der Waals surface area contributed by atoms with E-state index < -0.39 is 3.79 Å². The van der Waals surface area contributed by atoms with Crippen LogP contribution < -0.4 is 0 Å². The third-order valence-electron chi connectivity index (χ3n) is 6.99. The van der Waals surface area contributed by atoms with Crippen LogP contribution in [0, 0.1) is 5.92 Å². The molecule has 3 aromatic carbocycles. The van der Waals surface area contributed by atoms with Crippen molar-refractivity contribution >= 4 is 56.3 Å². The number of hydrogen-bond acceptors (Lipinski definition) is 2. The minimum absolute atomic E-state index is 0.0296. The van der Waals surface area contributed by atoms with Gasteiger partial charge in [0.05, 0.1) is 6.61 Å². The number of hydrogen-bond donors (Lipinski definition) is 0. The summed E-state index contributed by atoms with van der Waals surface area (Å²) in [6.07, 6.45) is 3.74. The SMILES string of the molecule is CN(C)CC1CC(C(Cl)(Cl)Cl)Cc2c1ccc1c2ccc2ccccc21.c1cc2n(c1)COC2. The van der Waals surface area contributed by atoms with E-state index in [1.54, 1.807) is 0 Å². The summed E-state index contributed by atoms with van der Waals surface area (Å²) in [5.74, 6) is 0.410. The predicted octanol–water partition coefficient (Wildman–Crippen LogP) is 7.55. The van der Waals surface area contributed by atoms with Crippen LogP contribution in [-0.2, 0) is 24.5 Å². The van der Waals surface area contributed by atoms with Gasteiger partial charge in [-0.15, -0.1) is 0 Å². The van der Waals surface area contributed by atoms with Crippen LogP contribution in [0.15, 0.2) is 66.9 Å². The smallest absolute Gasteiger partial charge is 0.193 e. The second-order valence-corrected chi connectivity index (χ2v) is 12.0. The lowest BCUT2D eigenvalue weighted by Gasteiger charge is -2.37. The van der Waals surface area contributed by atoms with E-state index >= 15 is 0 Å². The number of ether oxygens (including phenoxy) is 1. The fourth-order valence-corrected chi connectivity index (χ4v) is 5.89. The fraction of sp³-hybridized carbons (Fsp3) is 0.357. The summed E-state index contributed by atoms with van der Waals surface area (Å²) >= 11 is 19.0. The number of fused-ring (bicyclic) bond motifs is 6. The first-order valence-electron chi connectivity index (χ1n) is 11.7. The Morgan fingerprint density at radius 2 is 1.74 bits per heavy atom. The molecule has 0 N–H and O–H groups in total. The van der Waals surface area contributed by atoms with Gasteiger partial charge in [0.15, 0.2) is 3.79 Å². The van der Waals surface area contributed by atoms with Crippen LogP contribution in [0.25, 0.3) is 21.5 Å². The summed E-state index contributed by atoms with van der Waals surface area (Å²) < 4.78 is 5.98. The van der Waals surface area contributed by atoms with Gasteiger partial charge in [0.25, 0.3) is 0 Å². The van der Waals surface area contributed by atoms with Gasteiger partial charge in [-0.25, -0.2) is 0 Å². The van der Waals surface area contributed by atoms with Crippen molar-refractivity contribution in [2.24, 2.45) is 5.92 Å². The molecule has 178 valence electrons. The minimum atomic E-state index is -1.23. The second kappa shape index (κ2) is 9.72. The van der Waals surface area contributed by atoms with Crippen LogP contribution in [0.1, 0.15) is 29.2 Å². The number of nitrogens with zero attached hydrogens (tertiary/aromatic N) is 2. The highest BCUT2D eigenvalue weighted by molar-refractivity contribution is 6.67. The summed E-state index contributed by atoms with van der Waals surface area (Å²) in [5, 5.41) is 5.13. The molecule has 34 heavy (non-hydrogen) atoms. The normalized spacial score (nSPS) is 19.7. The molecule has 1 aliphatic carbocycles. The molecule has 2 atom stereocenters. The monoisotopic (exact) mass is 514 g/mol. The van der Waals surface area contributed by atoms with Gasteiger partial charge in [0, 0.05) is 24.4 Å². The number of benzene rings is 3. The third kappa shape index (κ3) is 4.82. The molecule has 2 unspecified atom stereocenters. The molecule has 2 aliphatic rings. The molecule has 0 bridgehead atoms. The van der Waals surface area contributed by atoms with Crippen molar-refractivity contribution in [1.82, 2.24) is 9.47 Å². The molecule has 2 heterocycles. The van der Waals surface area contributed by atoms with Crippen LogP contribution >= 0.6 is 34.8 Å². The van der Waals surface area contributed by atoms with Gasteiger partial charge in [-0.1, -0.05) is 83.3 Å². The Bertz CT molecular complexity index is 1290. The van der Waals surface area contributed by atoms with Crippen LogP contribution in [0.3, 0.4) is 0 Å². The summed E-state index contributed by atoms with van der Waals surface area (Å²) in [6.45, 7) is 2.48. The van der Waals surface area contributed by atoms with Crippen LogP contribution in [-0.4, -0.2) is 33.9 Å². The zero-order valence-corrected chi connectivity index (χ0v) is 21.7. The Morgan fingerprint density at radius 1 is 0.941 bits per heavy atom. The fourth-order valence-electron chi connectivity index (χ4n) is 5.40. The molecule has 0 radical (unpaired) electrons. The molecule has 6 rings (SSSR count). The minimum Gasteiger partial charge on any atom is -0.355 e. The maximum absolute atomic E-state index is 6.34. The summed E-state index contributed by atoms with van der Waals surface area (Å²) in [7, 11) is 4.21. The Hall–Kier alpha value is -1.75. The van der Waals surface area contributed by atoms with E-state index in [4.69, 9.17) is 39.5 Å². The van der Waals surface area contributed by atoms with Crippen LogP contribution in [0.5, 0.6) is 0 Å². The van der Waals surface area contributed by atoms with E-state index in [9.17, 15) is 0 Å². The van der Waals surface area contributed by atoms with Crippen LogP contribution in [0.2, 0.25) is 0 Å². The molecule has 1 aliphatic heterocycles. The number of aromatic nitrogens is 1. The van der Waals surface area contributed by atoms with Crippen LogP contribution in [0.4, 0.5) is 0 Å². The molecule has 0 fully saturated rings. The van der Waals surface area contributed by atoms with Crippen molar-refractivity contribution in [3.05, 3.63) is 83.7 Å². The van der Waals surface area contributed by atoms with Crippen molar-refractivity contribution in [3.63, 3.8) is 0 Å². The molecule has 3 nitrogen and oxygen atoms in total. The Balaban J connectivity index is 0.000000252. The van der Waals surface area contributed by atoms with Gasteiger partial charge in [0.2, 0.25) is 0 Å². The highest BCUT2D eigenvalue weighted by atomic mass is 35.6. The molecule has 0 saturated heterocycles. The molecule has 0 amide bonds. The van der Waals surface area contributed by atoms with E-state index in [2.05, 4.69) is 78.2 Å². The lowest BCUT2D eigenvalue weighted by atomic mass is 9.75. The van der Waals surface area contributed by atoms with Crippen molar-refractivity contribution < 1.29 is 4.74 Å². The average Bonchev–Trinajstić information content (AvgIpc) is 3.43. The number of rotatable bonds is 2. The lowest BCUT2D eigenvalue weighted by molar-refractivity contribution is 0.108. The molecule has 4 aromatic rings. The first kappa shape index (κ1) is 24.0. The van der Waals surface area contributed by atoms with Gasteiger partial charge >= 0.3 is 0 Å². The van der Waals surface area contributed by atoms with E-state index in [1.807, 2.05) is 12.3 Å². The van der Waals surface area contributed by atoms with Crippen molar-refractivity contribution in [2.45, 2.75) is 35.9 Å². The van der Waals surface area contributed by atoms with E-state index in [0.29, 0.717) is 5.92 Å². The Labute approximate surface area is 216 Å². The van der Waals surface area contributed by atoms with Crippen molar-refractivity contribution in [3.8, 4) is 0 Å². The number of halogens is 3. The summed E-state index contributed by atoms with van der Waals surface area (Å²) in [6, 6.07) is 21.7. The molecular formula is C28H29Cl3N2O. The zero-order valence-electron chi connectivity index (χ0n) is 19.5. The van der Waals surface area contributed by atoms with Gasteiger partial charge in [-0.2, -0.15) is 0 Å². The highest BCUT2D eigenvalue weighted by Gasteiger charge is 2.39. The topological polar surface area (TPSA) is 17.4 Å². The van der Waals surface area contributed by atoms with Crippen molar-refractivity contribution in [1.29, 1.82) is 0 Å². The van der Waals surface area contributed by atoms with Gasteiger partial charge in [-0.05, 0) is 77.7 Å². The molecule has 6 heteroatoms. The average molecular weight is 516 g/mol. The molecule has 1 aromatic heterocycles. The first-order chi connectivity index (χ1) is 16.3. The highest BCUT2D eigenvalue weighted by Crippen LogP contribution is 2.48. The van der Waals surface area contributed by atoms with E-state index in [0.717, 1.165) is 32.7 Å². The Morgan fingerprint density at radius 3 is 2.50 bits per heavy atom. The Kier molecular flexibility index (Phi) is 6.85. The lowest BCUT2D eigenvalue weighted by Crippen LogP contribution is -2.32. The van der Waals surface area contributed by atoms with Gasteiger partial charge in [-0.3, -0.25) is 0 Å². The zero-order chi connectivity index (χ0) is 23.9. The van der Waals surface area contributed by atoms with Gasteiger partial charge in [0.1, 0.15) is 6.73 Å². The standard InChI is InChI=1S/C22H22Cl3N.C6H7NO/c1-26(2)13-15-11-16(22(23,24)25)12-21-18(15)9-10-19-17-6-4-3-5-14(17)7-8-20(19)21;1-2-6-4-8-5-7(6)3-1/h3-10,15-16H,11-13H2,1-2H3;1-3H,4-5H2. The quantitative estimate of drug-likeness (QED) is 0.203. The third-order valence-corrected chi connectivity index (χ3v) is 7.91. The maximum Gasteiger partial charge on any atom is 0.193 e. The van der Waals surface area contributed by atoms with Crippen molar-refractivity contribution in [2.75, 3.05) is 20.6 Å².